The van der Waals surface area contributed by atoms with Crippen LogP contribution >= 0.6 is 0 Å². The van der Waals surface area contributed by atoms with Crippen LogP contribution in [0.15, 0.2) is 23.3 Å². The van der Waals surface area contributed by atoms with Crippen molar-refractivity contribution >= 4 is 5.78 Å². The summed E-state index contributed by atoms with van der Waals surface area (Å²) in [6, 6.07) is 0. The van der Waals surface area contributed by atoms with Crippen LogP contribution in [0.25, 0.3) is 0 Å². The third kappa shape index (κ3) is 2.45. The number of allylic oxidation sites excluding steroid dienone is 4. The molecular weight excluding hydrogens is 196 g/mol. The first kappa shape index (κ1) is 13.2. The molecule has 0 bridgehead atoms. The molecule has 0 saturated heterocycles. The molecule has 2 atom stereocenters. The lowest BCUT2D eigenvalue weighted by Crippen LogP contribution is -2.33. The van der Waals surface area contributed by atoms with Gasteiger partial charge in [0.05, 0.1) is 0 Å². The highest BCUT2D eigenvalue weighted by Crippen LogP contribution is 2.45. The number of rotatable bonds is 2. The van der Waals surface area contributed by atoms with Crippen LogP contribution < -0.4 is 0 Å². The van der Waals surface area contributed by atoms with Crippen molar-refractivity contribution in [2.45, 2.75) is 48.0 Å². The van der Waals surface area contributed by atoms with Gasteiger partial charge < -0.3 is 0 Å². The molecule has 0 spiro atoms. The molecule has 0 amide bonds. The first-order valence-electron chi connectivity index (χ1n) is 6.12. The van der Waals surface area contributed by atoms with Gasteiger partial charge in [0.1, 0.15) is 0 Å². The van der Waals surface area contributed by atoms with Crippen LogP contribution in [0.3, 0.4) is 0 Å². The van der Waals surface area contributed by atoms with Gasteiger partial charge in [0.2, 0.25) is 0 Å². The predicted octanol–water partition coefficient (Wildman–Crippen LogP) is 4.15. The molecule has 1 aliphatic rings. The summed E-state index contributed by atoms with van der Waals surface area (Å²) in [6.45, 7) is 12.7. The highest BCUT2D eigenvalue weighted by molar-refractivity contribution is 5.92. The fourth-order valence-corrected chi connectivity index (χ4v) is 2.40. The second-order valence-corrected chi connectivity index (χ2v) is 5.79. The quantitative estimate of drug-likeness (QED) is 0.504. The lowest BCUT2D eigenvalue weighted by Gasteiger charge is -2.42. The van der Waals surface area contributed by atoms with Gasteiger partial charge in [-0.1, -0.05) is 38.5 Å². The minimum Gasteiger partial charge on any atom is -0.295 e. The molecule has 0 heterocycles. The van der Waals surface area contributed by atoms with Crippen LogP contribution in [0.5, 0.6) is 0 Å². The molecule has 1 rings (SSSR count). The van der Waals surface area contributed by atoms with Gasteiger partial charge >= 0.3 is 0 Å². The van der Waals surface area contributed by atoms with E-state index in [1.54, 1.807) is 6.92 Å². The summed E-state index contributed by atoms with van der Waals surface area (Å²) >= 11 is 0. The van der Waals surface area contributed by atoms with Crippen LogP contribution in [0.2, 0.25) is 0 Å². The summed E-state index contributed by atoms with van der Waals surface area (Å²) in [6.07, 6.45) is 5.64. The van der Waals surface area contributed by atoms with Gasteiger partial charge in [-0.3, -0.25) is 4.79 Å². The van der Waals surface area contributed by atoms with E-state index in [9.17, 15) is 4.79 Å². The molecule has 2 unspecified atom stereocenters. The highest BCUT2D eigenvalue weighted by atomic mass is 16.1. The van der Waals surface area contributed by atoms with Gasteiger partial charge in [-0.2, -0.15) is 0 Å². The summed E-state index contributed by atoms with van der Waals surface area (Å²) in [5.74, 6) is 1.25. The van der Waals surface area contributed by atoms with Crippen LogP contribution in [-0.2, 0) is 4.79 Å². The largest absolute Gasteiger partial charge is 0.295 e. The first-order chi connectivity index (χ1) is 7.26. The number of carbonyl (C=O) groups excluding carboxylic acids is 1. The number of hydrogen-bond donors (Lipinski definition) is 0. The summed E-state index contributed by atoms with van der Waals surface area (Å²) < 4.78 is 0. The molecular formula is C15H24O. The van der Waals surface area contributed by atoms with E-state index in [0.29, 0.717) is 11.8 Å². The zero-order valence-electron chi connectivity index (χ0n) is 11.4. The Morgan fingerprint density at radius 2 is 2.00 bits per heavy atom. The van der Waals surface area contributed by atoms with Gasteiger partial charge in [0.15, 0.2) is 5.78 Å². The van der Waals surface area contributed by atoms with E-state index in [4.69, 9.17) is 0 Å². The van der Waals surface area contributed by atoms with Crippen LogP contribution in [0.1, 0.15) is 48.0 Å². The van der Waals surface area contributed by atoms with Gasteiger partial charge in [0.25, 0.3) is 0 Å². The van der Waals surface area contributed by atoms with Gasteiger partial charge in [-0.15, -0.1) is 0 Å². The van der Waals surface area contributed by atoms with Crippen molar-refractivity contribution in [1.82, 2.24) is 0 Å². The Balaban J connectivity index is 3.09. The molecule has 16 heavy (non-hydrogen) atoms. The van der Waals surface area contributed by atoms with E-state index in [1.807, 2.05) is 6.92 Å². The van der Waals surface area contributed by atoms with E-state index < -0.39 is 0 Å². The van der Waals surface area contributed by atoms with Crippen molar-refractivity contribution < 1.29 is 4.79 Å². The minimum absolute atomic E-state index is 0.182. The van der Waals surface area contributed by atoms with Crippen molar-refractivity contribution in [3.8, 4) is 0 Å². The molecule has 0 aromatic rings. The molecule has 0 fully saturated rings. The lowest BCUT2D eigenvalue weighted by atomic mass is 9.62. The number of carbonyl (C=O) groups is 1. The summed E-state index contributed by atoms with van der Waals surface area (Å²) in [7, 11) is 0. The Morgan fingerprint density at radius 1 is 1.44 bits per heavy atom. The predicted molar refractivity (Wildman–Crippen MR) is 69.2 cm³/mol. The number of ketones is 1. The zero-order chi connectivity index (χ0) is 12.5. The van der Waals surface area contributed by atoms with E-state index in [-0.39, 0.29) is 11.2 Å². The third-order valence-electron chi connectivity index (χ3n) is 4.33. The highest BCUT2D eigenvalue weighted by Gasteiger charge is 2.36. The van der Waals surface area contributed by atoms with Crippen molar-refractivity contribution in [1.29, 1.82) is 0 Å². The average Bonchev–Trinajstić information content (AvgIpc) is 2.18. The second kappa shape index (κ2) is 4.57. The average molecular weight is 220 g/mol. The Bertz CT molecular complexity index is 344. The van der Waals surface area contributed by atoms with Crippen molar-refractivity contribution in [2.24, 2.45) is 17.3 Å². The topological polar surface area (TPSA) is 17.1 Å². The SMILES string of the molecule is CC(=O)/C(C)=C/C1C(C)=CCC(C)C1(C)C. The molecule has 0 N–H and O–H groups in total. The molecule has 0 aromatic heterocycles. The third-order valence-corrected chi connectivity index (χ3v) is 4.33. The normalized spacial score (nSPS) is 29.9. The van der Waals surface area contributed by atoms with E-state index in [0.717, 1.165) is 12.0 Å². The van der Waals surface area contributed by atoms with Crippen molar-refractivity contribution in [3.05, 3.63) is 23.3 Å². The smallest absolute Gasteiger partial charge is 0.155 e. The zero-order valence-corrected chi connectivity index (χ0v) is 11.4. The fraction of sp³-hybridized carbons (Fsp3) is 0.667. The second-order valence-electron chi connectivity index (χ2n) is 5.79. The maximum Gasteiger partial charge on any atom is 0.155 e. The van der Waals surface area contributed by atoms with Crippen molar-refractivity contribution in [2.75, 3.05) is 0 Å². The molecule has 1 heteroatoms. The monoisotopic (exact) mass is 220 g/mol. The standard InChI is InChI=1S/C15H24O/c1-10-7-8-12(3)15(5,6)14(10)9-11(2)13(4)16/h7,9,12,14H,8H2,1-6H3/b11-9+. The summed E-state index contributed by atoms with van der Waals surface area (Å²) in [4.78, 5) is 11.3. The molecule has 1 aliphatic carbocycles. The van der Waals surface area contributed by atoms with Gasteiger partial charge in [-0.25, -0.2) is 0 Å². The molecule has 0 saturated carbocycles. The van der Waals surface area contributed by atoms with Crippen LogP contribution in [0, 0.1) is 17.3 Å². The summed E-state index contributed by atoms with van der Waals surface area (Å²) in [5, 5.41) is 0. The van der Waals surface area contributed by atoms with Crippen LogP contribution in [0.4, 0.5) is 0 Å². The molecule has 0 aromatic carbocycles. The van der Waals surface area contributed by atoms with Crippen LogP contribution in [-0.4, -0.2) is 5.78 Å². The Labute approximate surface area is 99.6 Å². The Hall–Kier alpha value is -0.850. The maximum atomic E-state index is 11.3. The molecule has 0 radical (unpaired) electrons. The van der Waals surface area contributed by atoms with Gasteiger partial charge in [-0.05, 0) is 44.1 Å². The Morgan fingerprint density at radius 3 is 2.50 bits per heavy atom. The Kier molecular flexibility index (Phi) is 3.77. The van der Waals surface area contributed by atoms with E-state index in [1.165, 1.54) is 5.57 Å². The minimum atomic E-state index is 0.182. The van der Waals surface area contributed by atoms with Gasteiger partial charge in [0, 0.05) is 5.92 Å². The lowest BCUT2D eigenvalue weighted by molar-refractivity contribution is -0.113. The molecule has 1 nitrogen and oxygen atoms in total. The fourth-order valence-electron chi connectivity index (χ4n) is 2.40. The van der Waals surface area contributed by atoms with E-state index in [2.05, 4.69) is 39.8 Å². The molecule has 0 aliphatic heterocycles. The summed E-state index contributed by atoms with van der Waals surface area (Å²) in [5.41, 5.74) is 2.54. The van der Waals surface area contributed by atoms with Crippen molar-refractivity contribution in [3.63, 3.8) is 0 Å². The maximum absolute atomic E-state index is 11.3. The first-order valence-corrected chi connectivity index (χ1v) is 6.12. The number of Topliss-reactive ketones (excluding diaryl/α,β-unsaturated/α-hetero) is 1. The van der Waals surface area contributed by atoms with E-state index >= 15 is 0 Å². The number of hydrogen-bond acceptors (Lipinski definition) is 1. The molecule has 90 valence electrons.